The van der Waals surface area contributed by atoms with Crippen LogP contribution >= 0.6 is 0 Å². The average molecular weight is 565 g/mol. The molecular weight excluding hydrogens is 532 g/mol. The van der Waals surface area contributed by atoms with Crippen LogP contribution in [0.5, 0.6) is 0 Å². The summed E-state index contributed by atoms with van der Waals surface area (Å²) in [6, 6.07) is 36.4. The number of carbonyl (C=O) groups is 2. The van der Waals surface area contributed by atoms with E-state index in [1.54, 1.807) is 0 Å². The van der Waals surface area contributed by atoms with Crippen LogP contribution in [0.4, 0.5) is 16.2 Å². The maximum Gasteiger partial charge on any atom is 0.339 e. The van der Waals surface area contributed by atoms with Crippen LogP contribution in [-0.4, -0.2) is 40.6 Å². The largest absolute Gasteiger partial charge is 0.339 e. The quantitative estimate of drug-likeness (QED) is 0.253. The molecule has 0 radical (unpaired) electrons. The Hall–Kier alpha value is -5.10. The highest BCUT2D eigenvalue weighted by Crippen LogP contribution is 2.48. The molecule has 2 fully saturated rings. The summed E-state index contributed by atoms with van der Waals surface area (Å²) in [5.41, 5.74) is 8.09. The van der Waals surface area contributed by atoms with E-state index in [4.69, 9.17) is 0 Å². The van der Waals surface area contributed by atoms with Gasteiger partial charge < -0.3 is 9.80 Å². The SMILES string of the molecule is O=C1N(C2=Cc3ccccc3CC2)C(=O)C2(N1C1=Cc3ccccc3CC1)N(c1ccccc1)CCN2c1ccccc1. The van der Waals surface area contributed by atoms with E-state index in [0.717, 1.165) is 46.7 Å². The summed E-state index contributed by atoms with van der Waals surface area (Å²) in [5, 5.41) is 0. The lowest BCUT2D eigenvalue weighted by Gasteiger charge is -2.46. The Morgan fingerprint density at radius 3 is 1.53 bits per heavy atom. The first-order chi connectivity index (χ1) is 21.2. The van der Waals surface area contributed by atoms with Gasteiger partial charge in [-0.2, -0.15) is 0 Å². The minimum absolute atomic E-state index is 0.229. The first-order valence-corrected chi connectivity index (χ1v) is 15.1. The number of fused-ring (bicyclic) bond motifs is 2. The maximum absolute atomic E-state index is 15.3. The van der Waals surface area contributed by atoms with E-state index in [1.165, 1.54) is 16.0 Å². The molecule has 0 aromatic heterocycles. The van der Waals surface area contributed by atoms with Crippen LogP contribution in [0, 0.1) is 0 Å². The van der Waals surface area contributed by atoms with E-state index >= 15 is 4.79 Å². The fourth-order valence-corrected chi connectivity index (χ4v) is 7.29. The van der Waals surface area contributed by atoms with Crippen molar-refractivity contribution < 1.29 is 9.59 Å². The van der Waals surface area contributed by atoms with Crippen molar-refractivity contribution in [1.29, 1.82) is 0 Å². The second-order valence-corrected chi connectivity index (χ2v) is 11.5. The predicted molar refractivity (Wildman–Crippen MR) is 170 cm³/mol. The van der Waals surface area contributed by atoms with Crippen molar-refractivity contribution in [2.75, 3.05) is 22.9 Å². The first kappa shape index (κ1) is 25.6. The monoisotopic (exact) mass is 564 g/mol. The van der Waals surface area contributed by atoms with Crippen molar-refractivity contribution >= 4 is 35.5 Å². The Balaban J connectivity index is 1.36. The zero-order valence-corrected chi connectivity index (χ0v) is 23.9. The zero-order valence-electron chi connectivity index (χ0n) is 23.9. The molecule has 0 atom stereocenters. The number of carbonyl (C=O) groups excluding carboxylic acids is 2. The molecule has 0 unspecified atom stereocenters. The molecule has 2 heterocycles. The van der Waals surface area contributed by atoms with Gasteiger partial charge in [-0.1, -0.05) is 84.9 Å². The van der Waals surface area contributed by atoms with Crippen LogP contribution in [0.25, 0.3) is 12.2 Å². The molecule has 4 aromatic rings. The smallest absolute Gasteiger partial charge is 0.321 e. The lowest BCUT2D eigenvalue weighted by atomic mass is 9.94. The van der Waals surface area contributed by atoms with Crippen molar-refractivity contribution in [3.63, 3.8) is 0 Å². The number of imide groups is 1. The number of amides is 3. The molecular formula is C37H32N4O2. The van der Waals surface area contributed by atoms with Gasteiger partial charge in [-0.15, -0.1) is 0 Å². The van der Waals surface area contributed by atoms with Gasteiger partial charge in [0.2, 0.25) is 0 Å². The molecule has 0 bridgehead atoms. The second kappa shape index (κ2) is 10.0. The van der Waals surface area contributed by atoms with Gasteiger partial charge in [-0.3, -0.25) is 4.79 Å². The van der Waals surface area contributed by atoms with E-state index in [9.17, 15) is 4.79 Å². The van der Waals surface area contributed by atoms with Crippen LogP contribution in [0.2, 0.25) is 0 Å². The summed E-state index contributed by atoms with van der Waals surface area (Å²) >= 11 is 0. The summed E-state index contributed by atoms with van der Waals surface area (Å²) in [4.78, 5) is 37.9. The number of benzene rings is 4. The van der Waals surface area contributed by atoms with Crippen LogP contribution in [0.1, 0.15) is 35.1 Å². The third-order valence-electron chi connectivity index (χ3n) is 9.25. The van der Waals surface area contributed by atoms with E-state index in [0.29, 0.717) is 25.9 Å². The number of urea groups is 1. The predicted octanol–water partition coefficient (Wildman–Crippen LogP) is 6.91. The molecule has 0 N–H and O–H groups in total. The van der Waals surface area contributed by atoms with Crippen molar-refractivity contribution in [2.24, 2.45) is 0 Å². The molecule has 2 saturated heterocycles. The normalized spacial score (nSPS) is 19.0. The lowest BCUT2D eigenvalue weighted by molar-refractivity contribution is -0.131. The standard InChI is InChI=1S/C37H32N4O2/c42-35-37(38(31-15-3-1-4-16-31)23-24-39(37)32-17-5-2-6-18-32)41(34-22-20-28-12-8-10-14-30(28)26-34)36(43)40(35)33-21-19-27-11-7-9-13-29(27)25-33/h1-18,25-26H,19-24H2. The van der Waals surface area contributed by atoms with Crippen molar-refractivity contribution in [3.8, 4) is 0 Å². The van der Waals surface area contributed by atoms with E-state index in [1.807, 2.05) is 89.8 Å². The van der Waals surface area contributed by atoms with Gasteiger partial charge in [0, 0.05) is 35.9 Å². The number of nitrogens with zero attached hydrogens (tertiary/aromatic N) is 4. The van der Waals surface area contributed by atoms with E-state index in [2.05, 4.69) is 46.2 Å². The molecule has 0 saturated carbocycles. The summed E-state index contributed by atoms with van der Waals surface area (Å²) in [6.07, 6.45) is 7.03. The van der Waals surface area contributed by atoms with Gasteiger partial charge in [0.25, 0.3) is 5.79 Å². The third kappa shape index (κ3) is 3.86. The van der Waals surface area contributed by atoms with Crippen LogP contribution in [0.15, 0.2) is 121 Å². The van der Waals surface area contributed by atoms with Crippen LogP contribution in [-0.2, 0) is 17.6 Å². The highest BCUT2D eigenvalue weighted by atomic mass is 16.2. The number of rotatable bonds is 4. The Bertz CT molecular complexity index is 1750. The molecule has 1 spiro atoms. The minimum Gasteiger partial charge on any atom is -0.321 e. The molecule has 8 rings (SSSR count). The van der Waals surface area contributed by atoms with Crippen molar-refractivity contribution in [2.45, 2.75) is 31.5 Å². The Morgan fingerprint density at radius 2 is 0.977 bits per heavy atom. The number of allylic oxidation sites excluding steroid dienone is 2. The van der Waals surface area contributed by atoms with Crippen LogP contribution in [0.3, 0.4) is 0 Å². The van der Waals surface area contributed by atoms with E-state index in [-0.39, 0.29) is 11.9 Å². The number of para-hydroxylation sites is 2. The van der Waals surface area contributed by atoms with Gasteiger partial charge in [0.1, 0.15) is 0 Å². The maximum atomic E-state index is 15.3. The molecule has 4 aliphatic rings. The molecule has 3 amide bonds. The fourth-order valence-electron chi connectivity index (χ4n) is 7.29. The van der Waals surface area contributed by atoms with Gasteiger partial charge >= 0.3 is 11.9 Å². The number of anilines is 2. The minimum atomic E-state index is -1.39. The molecule has 2 aliphatic carbocycles. The summed E-state index contributed by atoms with van der Waals surface area (Å²) in [7, 11) is 0. The number of hydrogen-bond donors (Lipinski definition) is 0. The summed E-state index contributed by atoms with van der Waals surface area (Å²) in [6.45, 7) is 1.18. The topological polar surface area (TPSA) is 47.1 Å². The van der Waals surface area contributed by atoms with Crippen molar-refractivity contribution in [1.82, 2.24) is 9.80 Å². The zero-order chi connectivity index (χ0) is 29.0. The number of hydrogen-bond acceptors (Lipinski definition) is 4. The van der Waals surface area contributed by atoms with E-state index < -0.39 is 5.79 Å². The van der Waals surface area contributed by atoms with Gasteiger partial charge in [-0.25, -0.2) is 14.6 Å². The average Bonchev–Trinajstić information content (AvgIpc) is 3.56. The molecule has 2 aliphatic heterocycles. The Morgan fingerprint density at radius 1 is 0.512 bits per heavy atom. The van der Waals surface area contributed by atoms with Gasteiger partial charge in [0.15, 0.2) is 0 Å². The summed E-state index contributed by atoms with van der Waals surface area (Å²) < 4.78 is 0. The third-order valence-corrected chi connectivity index (χ3v) is 9.25. The summed E-state index contributed by atoms with van der Waals surface area (Å²) in [5.74, 6) is -1.62. The second-order valence-electron chi connectivity index (χ2n) is 11.5. The van der Waals surface area contributed by atoms with Gasteiger partial charge in [-0.05, 0) is 84.4 Å². The highest BCUT2D eigenvalue weighted by Gasteiger charge is 2.68. The lowest BCUT2D eigenvalue weighted by Crippen LogP contribution is -2.67. The first-order valence-electron chi connectivity index (χ1n) is 15.1. The number of aryl methyl sites for hydroxylation is 2. The Labute approximate surface area is 251 Å². The highest BCUT2D eigenvalue weighted by molar-refractivity contribution is 6.13. The Kier molecular flexibility index (Phi) is 5.96. The fraction of sp³-hybridized carbons (Fsp3) is 0.189. The molecule has 4 aromatic carbocycles. The molecule has 212 valence electrons. The van der Waals surface area contributed by atoms with Crippen LogP contribution < -0.4 is 9.80 Å². The van der Waals surface area contributed by atoms with Crippen molar-refractivity contribution in [3.05, 3.63) is 143 Å². The molecule has 6 nitrogen and oxygen atoms in total. The van der Waals surface area contributed by atoms with Gasteiger partial charge in [0.05, 0.1) is 0 Å². The molecule has 43 heavy (non-hydrogen) atoms. The molecule has 6 heteroatoms.